The molecule has 5 rings (SSSR count). The van der Waals surface area contributed by atoms with E-state index in [0.29, 0.717) is 0 Å². The number of hydrogen-bond acceptors (Lipinski definition) is 4. The van der Waals surface area contributed by atoms with Crippen molar-refractivity contribution in [3.8, 4) is 11.4 Å². The minimum absolute atomic E-state index is 0.149. The highest BCUT2D eigenvalue weighted by Gasteiger charge is 2.21. The van der Waals surface area contributed by atoms with Gasteiger partial charge in [-0.25, -0.2) is 9.97 Å². The molecule has 0 bridgehead atoms. The molecule has 4 aromatic rings. The summed E-state index contributed by atoms with van der Waals surface area (Å²) >= 11 is 0. The molecule has 0 amide bonds. The zero-order chi connectivity index (χ0) is 24.6. The first-order chi connectivity index (χ1) is 16.8. The fraction of sp³-hybridized carbons (Fsp3) is 0.448. The number of rotatable bonds is 6. The summed E-state index contributed by atoms with van der Waals surface area (Å²) in [6, 6.07) is 15.3. The second-order valence-electron chi connectivity index (χ2n) is 10.8. The molecule has 2 aromatic heterocycles. The monoisotopic (exact) mass is 470 g/mol. The van der Waals surface area contributed by atoms with Crippen LogP contribution in [-0.4, -0.2) is 50.6 Å². The number of aryl methyl sites for hydroxylation is 2. The number of hydrogen-bond donors (Lipinski definition) is 1. The molecule has 6 nitrogen and oxygen atoms in total. The number of benzene rings is 2. The molecule has 3 heterocycles. The van der Waals surface area contributed by atoms with Crippen LogP contribution in [0.2, 0.25) is 0 Å². The standard InChI is InChI=1S/C29H38N6/c1-6-14-35-20-24(30-21(35)2)19-33-15-17-34(18-16-33)26-9-7-8-25-27(26)32-28(31-25)22-10-12-23(13-11-22)29(3,4)5/h7-13,20H,6,14-19H2,1-5H3,(H,31,32). The van der Waals surface area contributed by atoms with E-state index in [-0.39, 0.29) is 5.41 Å². The predicted molar refractivity (Wildman–Crippen MR) is 145 cm³/mol. The van der Waals surface area contributed by atoms with Crippen molar-refractivity contribution in [1.82, 2.24) is 24.4 Å². The van der Waals surface area contributed by atoms with Crippen molar-refractivity contribution in [1.29, 1.82) is 0 Å². The quantitative estimate of drug-likeness (QED) is 0.389. The number of para-hydroxylation sites is 1. The van der Waals surface area contributed by atoms with Gasteiger partial charge in [0, 0.05) is 51.0 Å². The number of aromatic nitrogens is 4. The molecule has 1 saturated heterocycles. The van der Waals surface area contributed by atoms with E-state index >= 15 is 0 Å². The van der Waals surface area contributed by atoms with Crippen LogP contribution in [0.25, 0.3) is 22.4 Å². The zero-order valence-electron chi connectivity index (χ0n) is 21.8. The van der Waals surface area contributed by atoms with E-state index < -0.39 is 0 Å². The molecule has 0 unspecified atom stereocenters. The molecule has 0 aliphatic carbocycles. The summed E-state index contributed by atoms with van der Waals surface area (Å²) < 4.78 is 2.28. The van der Waals surface area contributed by atoms with Gasteiger partial charge >= 0.3 is 0 Å². The van der Waals surface area contributed by atoms with E-state index in [1.807, 2.05) is 0 Å². The largest absolute Gasteiger partial charge is 0.367 e. The molecule has 1 N–H and O–H groups in total. The second-order valence-corrected chi connectivity index (χ2v) is 10.8. The Labute approximate surface area is 209 Å². The van der Waals surface area contributed by atoms with Gasteiger partial charge in [-0.15, -0.1) is 0 Å². The smallest absolute Gasteiger partial charge is 0.138 e. The van der Waals surface area contributed by atoms with Gasteiger partial charge in [-0.1, -0.05) is 58.0 Å². The van der Waals surface area contributed by atoms with Crippen LogP contribution in [0.3, 0.4) is 0 Å². The van der Waals surface area contributed by atoms with Gasteiger partial charge in [-0.05, 0) is 36.5 Å². The SMILES string of the molecule is CCCn1cc(CN2CCN(c3cccc4[nH]c(-c5ccc(C(C)(C)C)cc5)nc34)CC2)nc1C. The average Bonchev–Trinajstić information content (AvgIpc) is 3.42. The average molecular weight is 471 g/mol. The molecule has 0 spiro atoms. The molecule has 1 aliphatic rings. The summed E-state index contributed by atoms with van der Waals surface area (Å²) in [7, 11) is 0. The molecule has 0 saturated carbocycles. The van der Waals surface area contributed by atoms with Gasteiger partial charge in [-0.3, -0.25) is 4.90 Å². The molecule has 2 aromatic carbocycles. The van der Waals surface area contributed by atoms with Crippen LogP contribution in [0.4, 0.5) is 5.69 Å². The number of fused-ring (bicyclic) bond motifs is 1. The van der Waals surface area contributed by atoms with Crippen molar-refractivity contribution >= 4 is 16.7 Å². The lowest BCUT2D eigenvalue weighted by Gasteiger charge is -2.35. The zero-order valence-corrected chi connectivity index (χ0v) is 21.8. The number of imidazole rings is 2. The lowest BCUT2D eigenvalue weighted by molar-refractivity contribution is 0.247. The Bertz CT molecular complexity index is 1280. The van der Waals surface area contributed by atoms with Crippen LogP contribution in [0.5, 0.6) is 0 Å². The number of piperazine rings is 1. The number of H-pyrrole nitrogens is 1. The summed E-state index contributed by atoms with van der Waals surface area (Å²) in [5.74, 6) is 2.05. The van der Waals surface area contributed by atoms with E-state index in [9.17, 15) is 0 Å². The molecule has 184 valence electrons. The van der Waals surface area contributed by atoms with Crippen molar-refractivity contribution in [2.24, 2.45) is 0 Å². The third-order valence-corrected chi connectivity index (χ3v) is 7.10. The van der Waals surface area contributed by atoms with Gasteiger partial charge in [0.15, 0.2) is 0 Å². The van der Waals surface area contributed by atoms with Gasteiger partial charge < -0.3 is 14.5 Å². The highest BCUT2D eigenvalue weighted by Crippen LogP contribution is 2.30. The van der Waals surface area contributed by atoms with Crippen molar-refractivity contribution in [3.05, 3.63) is 65.7 Å². The summed E-state index contributed by atoms with van der Waals surface area (Å²) in [6.45, 7) is 17.1. The van der Waals surface area contributed by atoms with Crippen LogP contribution >= 0.6 is 0 Å². The van der Waals surface area contributed by atoms with E-state index in [1.165, 1.54) is 16.9 Å². The molecule has 6 heteroatoms. The lowest BCUT2D eigenvalue weighted by atomic mass is 9.87. The van der Waals surface area contributed by atoms with Crippen LogP contribution in [0.1, 0.15) is 51.2 Å². The normalized spacial score (nSPS) is 15.3. The highest BCUT2D eigenvalue weighted by atomic mass is 15.3. The van der Waals surface area contributed by atoms with E-state index in [2.05, 4.69) is 103 Å². The predicted octanol–water partition coefficient (Wildman–Crippen LogP) is 5.76. The Morgan fingerprint density at radius 2 is 1.69 bits per heavy atom. The maximum Gasteiger partial charge on any atom is 0.138 e. The van der Waals surface area contributed by atoms with Crippen LogP contribution < -0.4 is 4.90 Å². The summed E-state index contributed by atoms with van der Waals surface area (Å²) in [5, 5.41) is 0. The summed E-state index contributed by atoms with van der Waals surface area (Å²) in [5.41, 5.74) is 7.17. The Hall–Kier alpha value is -3.12. The Morgan fingerprint density at radius 3 is 2.37 bits per heavy atom. The molecule has 0 atom stereocenters. The van der Waals surface area contributed by atoms with Gasteiger partial charge in [-0.2, -0.15) is 0 Å². The minimum atomic E-state index is 0.149. The van der Waals surface area contributed by atoms with Crippen LogP contribution in [-0.2, 0) is 18.5 Å². The van der Waals surface area contributed by atoms with Gasteiger partial charge in [0.2, 0.25) is 0 Å². The van der Waals surface area contributed by atoms with Crippen molar-refractivity contribution in [2.75, 3.05) is 31.1 Å². The molecular formula is C29H38N6. The fourth-order valence-electron chi connectivity index (χ4n) is 5.03. The molecule has 0 radical (unpaired) electrons. The molecular weight excluding hydrogens is 432 g/mol. The third-order valence-electron chi connectivity index (χ3n) is 7.10. The number of anilines is 1. The first-order valence-corrected chi connectivity index (χ1v) is 12.9. The van der Waals surface area contributed by atoms with E-state index in [4.69, 9.17) is 9.97 Å². The molecule has 1 fully saturated rings. The maximum absolute atomic E-state index is 5.04. The van der Waals surface area contributed by atoms with Crippen LogP contribution in [0, 0.1) is 6.92 Å². The van der Waals surface area contributed by atoms with E-state index in [0.717, 1.165) is 73.9 Å². The Balaban J connectivity index is 1.29. The topological polar surface area (TPSA) is 53.0 Å². The van der Waals surface area contributed by atoms with Crippen molar-refractivity contribution in [2.45, 2.75) is 59.5 Å². The number of nitrogens with zero attached hydrogens (tertiary/aromatic N) is 5. The van der Waals surface area contributed by atoms with Gasteiger partial charge in [0.1, 0.15) is 17.2 Å². The highest BCUT2D eigenvalue weighted by molar-refractivity contribution is 5.91. The van der Waals surface area contributed by atoms with Crippen molar-refractivity contribution in [3.63, 3.8) is 0 Å². The third kappa shape index (κ3) is 4.98. The Kier molecular flexibility index (Phi) is 6.41. The van der Waals surface area contributed by atoms with Crippen molar-refractivity contribution < 1.29 is 0 Å². The Morgan fingerprint density at radius 1 is 0.943 bits per heavy atom. The van der Waals surface area contributed by atoms with E-state index in [1.54, 1.807) is 0 Å². The maximum atomic E-state index is 5.04. The van der Waals surface area contributed by atoms with Crippen LogP contribution in [0.15, 0.2) is 48.7 Å². The minimum Gasteiger partial charge on any atom is -0.367 e. The fourth-order valence-corrected chi connectivity index (χ4v) is 5.03. The summed E-state index contributed by atoms with van der Waals surface area (Å²) in [6.07, 6.45) is 3.36. The molecule has 35 heavy (non-hydrogen) atoms. The second kappa shape index (κ2) is 9.50. The number of nitrogens with one attached hydrogen (secondary N) is 1. The summed E-state index contributed by atoms with van der Waals surface area (Å²) in [4.78, 5) is 18.4. The van der Waals surface area contributed by atoms with Gasteiger partial charge in [0.05, 0.1) is 16.9 Å². The molecule has 1 aliphatic heterocycles. The first-order valence-electron chi connectivity index (χ1n) is 12.9. The first kappa shape index (κ1) is 23.6. The lowest BCUT2D eigenvalue weighted by Crippen LogP contribution is -2.46. The van der Waals surface area contributed by atoms with Gasteiger partial charge in [0.25, 0.3) is 0 Å². The number of aromatic amines is 1.